The number of nitrogens with zero attached hydrogens (tertiary/aromatic N) is 1. The number of hydrogen-bond donors (Lipinski definition) is 1. The number of pyridine rings is 1. The highest BCUT2D eigenvalue weighted by Crippen LogP contribution is 2.65. The van der Waals surface area contributed by atoms with Gasteiger partial charge in [-0.1, -0.05) is 12.1 Å². The molecule has 2 aliphatic carbocycles. The van der Waals surface area contributed by atoms with Gasteiger partial charge in [-0.3, -0.25) is 14.6 Å². The summed E-state index contributed by atoms with van der Waals surface area (Å²) < 4.78 is 6.35. The average molecular weight is 362 g/mol. The zero-order valence-corrected chi connectivity index (χ0v) is 15.1. The summed E-state index contributed by atoms with van der Waals surface area (Å²) in [7, 11) is 0. The molecule has 2 heterocycles. The van der Waals surface area contributed by atoms with Gasteiger partial charge in [0.15, 0.2) is 5.78 Å². The first-order valence-electron chi connectivity index (χ1n) is 9.66. The van der Waals surface area contributed by atoms with Crippen molar-refractivity contribution in [1.82, 2.24) is 10.3 Å². The molecule has 0 radical (unpaired) electrons. The van der Waals surface area contributed by atoms with Crippen LogP contribution in [0.1, 0.15) is 35.2 Å². The monoisotopic (exact) mass is 362 g/mol. The van der Waals surface area contributed by atoms with E-state index in [9.17, 15) is 9.59 Å². The van der Waals surface area contributed by atoms with Crippen molar-refractivity contribution in [2.45, 2.75) is 31.3 Å². The van der Waals surface area contributed by atoms with Crippen molar-refractivity contribution in [3.63, 3.8) is 0 Å². The Hall–Kier alpha value is -2.69. The molecule has 3 aliphatic rings. The van der Waals surface area contributed by atoms with Crippen LogP contribution >= 0.6 is 0 Å². The molecule has 2 saturated carbocycles. The van der Waals surface area contributed by atoms with Gasteiger partial charge in [0.05, 0.1) is 12.0 Å². The van der Waals surface area contributed by atoms with Crippen LogP contribution in [0.25, 0.3) is 0 Å². The predicted octanol–water partition coefficient (Wildman–Crippen LogP) is 2.80. The maximum Gasteiger partial charge on any atom is 0.223 e. The number of amides is 1. The summed E-state index contributed by atoms with van der Waals surface area (Å²) in [5, 5.41) is 3.07. The van der Waals surface area contributed by atoms with Crippen molar-refractivity contribution in [2.24, 2.45) is 17.8 Å². The lowest BCUT2D eigenvalue weighted by Gasteiger charge is -2.37. The molecule has 27 heavy (non-hydrogen) atoms. The largest absolute Gasteiger partial charge is 0.486 e. The van der Waals surface area contributed by atoms with E-state index in [0.29, 0.717) is 30.2 Å². The molecule has 4 atom stereocenters. The number of hydrogen-bond acceptors (Lipinski definition) is 4. The fraction of sp³-hybridized carbons (Fsp3) is 0.409. The van der Waals surface area contributed by atoms with Crippen LogP contribution in [0.4, 0.5) is 0 Å². The number of carbonyl (C=O) groups excluding carboxylic acids is 2. The van der Waals surface area contributed by atoms with Crippen molar-refractivity contribution < 1.29 is 14.3 Å². The molecule has 0 saturated heterocycles. The van der Waals surface area contributed by atoms with Crippen molar-refractivity contribution in [3.05, 3.63) is 59.9 Å². The van der Waals surface area contributed by atoms with E-state index < -0.39 is 5.60 Å². The Morgan fingerprint density at radius 1 is 1.22 bits per heavy atom. The highest BCUT2D eigenvalue weighted by atomic mass is 16.5. The van der Waals surface area contributed by atoms with Gasteiger partial charge in [0.2, 0.25) is 5.91 Å². The molecule has 138 valence electrons. The molecular weight excluding hydrogens is 340 g/mol. The minimum atomic E-state index is -0.483. The van der Waals surface area contributed by atoms with E-state index in [-0.39, 0.29) is 23.5 Å². The van der Waals surface area contributed by atoms with Gasteiger partial charge >= 0.3 is 0 Å². The normalized spacial score (nSPS) is 30.4. The standard InChI is InChI=1S/C22H22N2O3/c25-17-13-22(27-18-4-2-1-3-15(17)18)9-5-16-19(20(16)22)21(26)24-12-8-14-6-10-23-11-7-14/h1-4,6-7,10-11,16,19-20H,5,8-9,12-13H2,(H,24,26)/t16-,19-,20-,22+/m1/s1. The fourth-order valence-corrected chi connectivity index (χ4v) is 5.12. The second-order valence-corrected chi connectivity index (χ2v) is 7.91. The van der Waals surface area contributed by atoms with Gasteiger partial charge < -0.3 is 10.1 Å². The van der Waals surface area contributed by atoms with E-state index in [1.807, 2.05) is 36.4 Å². The second-order valence-electron chi connectivity index (χ2n) is 7.91. The number of benzene rings is 1. The molecule has 0 unspecified atom stereocenters. The minimum Gasteiger partial charge on any atom is -0.486 e. The number of nitrogens with one attached hydrogen (secondary N) is 1. The summed E-state index contributed by atoms with van der Waals surface area (Å²) in [5.74, 6) is 1.42. The lowest BCUT2D eigenvalue weighted by Crippen LogP contribution is -2.44. The van der Waals surface area contributed by atoms with Crippen LogP contribution in [0, 0.1) is 17.8 Å². The number of rotatable bonds is 4. The van der Waals surface area contributed by atoms with Gasteiger partial charge in [0.25, 0.3) is 0 Å². The van der Waals surface area contributed by atoms with Gasteiger partial charge in [0, 0.05) is 30.8 Å². The molecule has 1 aromatic heterocycles. The van der Waals surface area contributed by atoms with Crippen LogP contribution in [0.5, 0.6) is 5.75 Å². The second kappa shape index (κ2) is 6.19. The number of aromatic nitrogens is 1. The number of para-hydroxylation sites is 1. The molecule has 1 amide bonds. The first-order chi connectivity index (χ1) is 13.2. The molecule has 1 aliphatic heterocycles. The smallest absolute Gasteiger partial charge is 0.223 e. The zero-order chi connectivity index (χ0) is 18.4. The molecule has 2 aromatic rings. The molecule has 1 N–H and O–H groups in total. The Kier molecular flexibility index (Phi) is 3.78. The van der Waals surface area contributed by atoms with Crippen molar-refractivity contribution in [1.29, 1.82) is 0 Å². The Labute approximate surface area is 158 Å². The molecule has 2 fully saturated rings. The molecule has 1 spiro atoms. The predicted molar refractivity (Wildman–Crippen MR) is 99.4 cm³/mol. The average Bonchev–Trinajstić information content (AvgIpc) is 3.34. The fourth-order valence-electron chi connectivity index (χ4n) is 5.12. The third-order valence-electron chi connectivity index (χ3n) is 6.40. The van der Waals surface area contributed by atoms with Crippen molar-refractivity contribution >= 4 is 11.7 Å². The summed E-state index contributed by atoms with van der Waals surface area (Å²) in [5.41, 5.74) is 1.35. The van der Waals surface area contributed by atoms with Gasteiger partial charge in [-0.15, -0.1) is 0 Å². The molecule has 5 nitrogen and oxygen atoms in total. The van der Waals surface area contributed by atoms with Gasteiger partial charge in [0.1, 0.15) is 11.4 Å². The van der Waals surface area contributed by atoms with E-state index in [1.54, 1.807) is 12.4 Å². The summed E-state index contributed by atoms with van der Waals surface area (Å²) >= 11 is 0. The quantitative estimate of drug-likeness (QED) is 0.908. The summed E-state index contributed by atoms with van der Waals surface area (Å²) in [6.45, 7) is 0.619. The highest BCUT2D eigenvalue weighted by molar-refractivity contribution is 6.00. The van der Waals surface area contributed by atoms with Crippen LogP contribution in [-0.2, 0) is 11.2 Å². The Balaban J connectivity index is 1.25. The summed E-state index contributed by atoms with van der Waals surface area (Å²) in [4.78, 5) is 29.3. The molecular formula is C22H22N2O3. The van der Waals surface area contributed by atoms with Gasteiger partial charge in [-0.25, -0.2) is 0 Å². The molecule has 5 rings (SSSR count). The van der Waals surface area contributed by atoms with E-state index in [4.69, 9.17) is 4.74 Å². The Bertz CT molecular complexity index is 897. The number of ether oxygens (including phenoxy) is 1. The minimum absolute atomic E-state index is 0.0192. The lowest BCUT2D eigenvalue weighted by atomic mass is 9.84. The first-order valence-corrected chi connectivity index (χ1v) is 9.66. The molecule has 5 heteroatoms. The zero-order valence-electron chi connectivity index (χ0n) is 15.1. The molecule has 1 aromatic carbocycles. The number of ketones is 1. The topological polar surface area (TPSA) is 68.3 Å². The van der Waals surface area contributed by atoms with Gasteiger partial charge in [-0.05, 0) is 55.0 Å². The van der Waals surface area contributed by atoms with E-state index >= 15 is 0 Å². The third-order valence-corrected chi connectivity index (χ3v) is 6.40. The van der Waals surface area contributed by atoms with E-state index in [0.717, 1.165) is 24.8 Å². The summed E-state index contributed by atoms with van der Waals surface area (Å²) in [6.07, 6.45) is 6.55. The molecule has 0 bridgehead atoms. The van der Waals surface area contributed by atoms with Crippen LogP contribution in [0.2, 0.25) is 0 Å². The number of carbonyl (C=O) groups is 2. The first kappa shape index (κ1) is 16.5. The highest BCUT2D eigenvalue weighted by Gasteiger charge is 2.70. The maximum atomic E-state index is 12.7. The summed E-state index contributed by atoms with van der Waals surface area (Å²) in [6, 6.07) is 11.4. The van der Waals surface area contributed by atoms with Crippen molar-refractivity contribution in [3.8, 4) is 5.75 Å². The van der Waals surface area contributed by atoms with Crippen LogP contribution < -0.4 is 10.1 Å². The van der Waals surface area contributed by atoms with E-state index in [2.05, 4.69) is 10.3 Å². The van der Waals surface area contributed by atoms with E-state index in [1.165, 1.54) is 0 Å². The number of Topliss-reactive ketones (excluding diaryl/α,β-unsaturated/α-hetero) is 1. The van der Waals surface area contributed by atoms with Crippen molar-refractivity contribution in [2.75, 3.05) is 6.54 Å². The SMILES string of the molecule is O=C1C[C@]2(CC[C@@H]3[C@@H](C(=O)NCCc4ccncc4)[C@@H]32)Oc2ccccc21. The van der Waals surface area contributed by atoms with Gasteiger partial charge in [-0.2, -0.15) is 0 Å². The van der Waals surface area contributed by atoms with Crippen LogP contribution in [-0.4, -0.2) is 28.8 Å². The van der Waals surface area contributed by atoms with Crippen LogP contribution in [0.15, 0.2) is 48.8 Å². The third kappa shape index (κ3) is 2.73. The maximum absolute atomic E-state index is 12.7. The number of fused-ring (bicyclic) bond motifs is 3. The lowest BCUT2D eigenvalue weighted by molar-refractivity contribution is -0.124. The Morgan fingerprint density at radius 2 is 2.04 bits per heavy atom. The Morgan fingerprint density at radius 3 is 2.89 bits per heavy atom. The van der Waals surface area contributed by atoms with Crippen LogP contribution in [0.3, 0.4) is 0 Å².